The second-order valence-corrected chi connectivity index (χ2v) is 7.63. The first-order valence-corrected chi connectivity index (χ1v) is 10.7. The van der Waals surface area contributed by atoms with Gasteiger partial charge in [-0.15, -0.1) is 0 Å². The monoisotopic (exact) mass is 452 g/mol. The third kappa shape index (κ3) is 5.46. The highest BCUT2D eigenvalue weighted by Gasteiger charge is 2.12. The van der Waals surface area contributed by atoms with Gasteiger partial charge < -0.3 is 15.7 Å². The first-order valence-electron chi connectivity index (χ1n) is 10.7. The van der Waals surface area contributed by atoms with Crippen molar-refractivity contribution in [2.45, 2.75) is 13.8 Å². The normalized spacial score (nSPS) is 10.8. The molecule has 4 aromatic rings. The largest absolute Gasteiger partial charge is 0.384 e. The summed E-state index contributed by atoms with van der Waals surface area (Å²) >= 11 is 0. The van der Waals surface area contributed by atoms with E-state index in [1.807, 2.05) is 56.3 Å². The molecule has 0 bridgehead atoms. The Labute approximate surface area is 197 Å². The summed E-state index contributed by atoms with van der Waals surface area (Å²) in [7, 11) is 0. The van der Waals surface area contributed by atoms with Crippen LogP contribution in [0.1, 0.15) is 33.0 Å². The Morgan fingerprint density at radius 1 is 1.15 bits per heavy atom. The summed E-state index contributed by atoms with van der Waals surface area (Å²) in [4.78, 5) is 21.4. The number of amides is 1. The highest BCUT2D eigenvalue weighted by Crippen LogP contribution is 2.25. The minimum atomic E-state index is -0.308. The first kappa shape index (κ1) is 22.7. The van der Waals surface area contributed by atoms with Crippen molar-refractivity contribution in [3.05, 3.63) is 76.9 Å². The molecule has 0 aliphatic heterocycles. The quantitative estimate of drug-likeness (QED) is 0.332. The molecule has 0 saturated carbocycles. The summed E-state index contributed by atoms with van der Waals surface area (Å²) in [6.45, 7) is 3.92. The van der Waals surface area contributed by atoms with Gasteiger partial charge in [-0.2, -0.15) is 5.10 Å². The number of H-pyrrole nitrogens is 1. The molecule has 170 valence electrons. The lowest BCUT2D eigenvalue weighted by atomic mass is 10.1. The number of aliphatic hydroxyl groups excluding tert-OH is 1. The molecule has 34 heavy (non-hydrogen) atoms. The molecule has 0 spiro atoms. The van der Waals surface area contributed by atoms with Crippen molar-refractivity contribution in [3.8, 4) is 11.8 Å². The number of nitrogens with zero attached hydrogens (tertiary/aromatic N) is 3. The average Bonchev–Trinajstić information content (AvgIpc) is 3.22. The second-order valence-electron chi connectivity index (χ2n) is 7.63. The van der Waals surface area contributed by atoms with Crippen molar-refractivity contribution in [1.29, 1.82) is 0 Å². The van der Waals surface area contributed by atoms with Crippen LogP contribution >= 0.6 is 0 Å². The fourth-order valence-electron chi connectivity index (χ4n) is 3.53. The molecule has 0 radical (unpaired) electrons. The number of nitrogens with one attached hydrogen (secondary N) is 3. The predicted octanol–water partition coefficient (Wildman–Crippen LogP) is 3.61. The minimum Gasteiger partial charge on any atom is -0.384 e. The molecule has 4 rings (SSSR count). The third-order valence-electron chi connectivity index (χ3n) is 4.98. The number of pyridine rings is 2. The fourth-order valence-corrected chi connectivity index (χ4v) is 3.53. The molecule has 0 unspecified atom stereocenters. The van der Waals surface area contributed by atoms with Crippen LogP contribution in [0.15, 0.2) is 48.7 Å². The molecule has 8 nitrogen and oxygen atoms in total. The van der Waals surface area contributed by atoms with Gasteiger partial charge in [-0.05, 0) is 74.0 Å². The van der Waals surface area contributed by atoms with Gasteiger partial charge in [-0.1, -0.05) is 11.8 Å². The lowest BCUT2D eigenvalue weighted by Gasteiger charge is -2.10. The second kappa shape index (κ2) is 10.4. The first-order chi connectivity index (χ1) is 16.5. The van der Waals surface area contributed by atoms with Crippen LogP contribution in [0.25, 0.3) is 23.1 Å². The Bertz CT molecular complexity index is 1410. The number of rotatable bonds is 6. The van der Waals surface area contributed by atoms with Crippen molar-refractivity contribution in [3.63, 3.8) is 0 Å². The van der Waals surface area contributed by atoms with Crippen LogP contribution < -0.4 is 10.6 Å². The third-order valence-corrected chi connectivity index (χ3v) is 4.98. The van der Waals surface area contributed by atoms with Gasteiger partial charge in [0.2, 0.25) is 0 Å². The summed E-state index contributed by atoms with van der Waals surface area (Å²) in [5.74, 6) is 5.27. The highest BCUT2D eigenvalue weighted by molar-refractivity contribution is 6.00. The van der Waals surface area contributed by atoms with Crippen LogP contribution in [-0.2, 0) is 0 Å². The molecule has 3 heterocycles. The van der Waals surface area contributed by atoms with E-state index in [0.29, 0.717) is 11.4 Å². The number of carbonyl (C=O) groups excluding carboxylic acids is 1. The van der Waals surface area contributed by atoms with E-state index in [9.17, 15) is 4.79 Å². The Kier molecular flexibility index (Phi) is 6.96. The van der Waals surface area contributed by atoms with E-state index < -0.39 is 0 Å². The minimum absolute atomic E-state index is 0.141. The topological polar surface area (TPSA) is 116 Å². The lowest BCUT2D eigenvalue weighted by molar-refractivity contribution is 0.0959. The van der Waals surface area contributed by atoms with Gasteiger partial charge in [-0.25, -0.2) is 4.98 Å². The molecule has 0 fully saturated rings. The molecule has 3 aromatic heterocycles. The Morgan fingerprint density at radius 3 is 2.85 bits per heavy atom. The maximum absolute atomic E-state index is 12.5. The SMILES string of the molecule is Cc1cc(C)nc(C=Cc2n[nH]c3cc(Nc4ncccc4C(=O)NCC#CCO)ccc23)c1. The van der Waals surface area contributed by atoms with E-state index in [1.165, 1.54) is 0 Å². The summed E-state index contributed by atoms with van der Waals surface area (Å²) in [6, 6.07) is 13.2. The molecule has 0 atom stereocenters. The maximum Gasteiger partial charge on any atom is 0.255 e. The van der Waals surface area contributed by atoms with Crippen molar-refractivity contribution in [1.82, 2.24) is 25.5 Å². The van der Waals surface area contributed by atoms with Crippen molar-refractivity contribution < 1.29 is 9.90 Å². The van der Waals surface area contributed by atoms with Crippen molar-refractivity contribution in [2.75, 3.05) is 18.5 Å². The maximum atomic E-state index is 12.5. The molecule has 1 aromatic carbocycles. The lowest BCUT2D eigenvalue weighted by Crippen LogP contribution is -2.24. The number of aromatic nitrogens is 4. The number of carbonyl (C=O) groups is 1. The zero-order valence-electron chi connectivity index (χ0n) is 18.9. The molecule has 8 heteroatoms. The molecule has 4 N–H and O–H groups in total. The van der Waals surface area contributed by atoms with Gasteiger partial charge in [-0.3, -0.25) is 14.9 Å². The van der Waals surface area contributed by atoms with Gasteiger partial charge in [0.05, 0.1) is 29.0 Å². The Morgan fingerprint density at radius 2 is 2.03 bits per heavy atom. The number of aliphatic hydroxyl groups is 1. The Balaban J connectivity index is 1.53. The number of aryl methyl sites for hydroxylation is 2. The zero-order valence-corrected chi connectivity index (χ0v) is 18.9. The molecular formula is C26H24N6O2. The number of hydrogen-bond donors (Lipinski definition) is 4. The fraction of sp³-hybridized carbons (Fsp3) is 0.154. The standard InChI is InChI=1S/C26H24N6O2/c1-17-14-18(2)29-19(15-17)8-10-23-21-9-7-20(16-24(21)32-31-23)30-25-22(6-5-12-27-25)26(34)28-11-3-4-13-33/h5-10,12,14-16,33H,11,13H2,1-2H3,(H,27,30)(H,28,34)(H,31,32). The smallest absolute Gasteiger partial charge is 0.255 e. The van der Waals surface area contributed by atoms with Gasteiger partial charge in [0.25, 0.3) is 5.91 Å². The van der Waals surface area contributed by atoms with Gasteiger partial charge in [0.1, 0.15) is 12.4 Å². The van der Waals surface area contributed by atoms with Crippen LogP contribution in [-0.4, -0.2) is 44.3 Å². The Hall–Kier alpha value is -4.48. The molecule has 0 saturated heterocycles. The highest BCUT2D eigenvalue weighted by atomic mass is 16.2. The van der Waals surface area contributed by atoms with Crippen LogP contribution in [0.5, 0.6) is 0 Å². The van der Waals surface area contributed by atoms with E-state index in [1.54, 1.807) is 18.3 Å². The van der Waals surface area contributed by atoms with Crippen LogP contribution in [0.4, 0.5) is 11.5 Å². The number of aromatic amines is 1. The van der Waals surface area contributed by atoms with Crippen molar-refractivity contribution in [2.24, 2.45) is 0 Å². The van der Waals surface area contributed by atoms with Crippen LogP contribution in [0.3, 0.4) is 0 Å². The van der Waals surface area contributed by atoms with E-state index >= 15 is 0 Å². The van der Waals surface area contributed by atoms with Crippen molar-refractivity contribution >= 4 is 40.5 Å². The molecular weight excluding hydrogens is 428 g/mol. The number of fused-ring (bicyclic) bond motifs is 1. The van der Waals surface area contributed by atoms with Gasteiger partial charge >= 0.3 is 0 Å². The summed E-state index contributed by atoms with van der Waals surface area (Å²) in [5, 5.41) is 23.1. The average molecular weight is 453 g/mol. The molecule has 0 aliphatic rings. The van der Waals surface area contributed by atoms with Gasteiger partial charge in [0.15, 0.2) is 0 Å². The number of anilines is 2. The van der Waals surface area contributed by atoms with E-state index in [4.69, 9.17) is 5.11 Å². The van der Waals surface area contributed by atoms with Gasteiger partial charge in [0, 0.05) is 23.0 Å². The molecule has 1 amide bonds. The van der Waals surface area contributed by atoms with E-state index in [2.05, 4.69) is 42.6 Å². The number of hydrogen-bond acceptors (Lipinski definition) is 6. The molecule has 0 aliphatic carbocycles. The zero-order chi connectivity index (χ0) is 23.9. The predicted molar refractivity (Wildman–Crippen MR) is 133 cm³/mol. The summed E-state index contributed by atoms with van der Waals surface area (Å²) in [5.41, 5.74) is 5.83. The van der Waals surface area contributed by atoms with Crippen LogP contribution in [0, 0.1) is 25.7 Å². The van der Waals surface area contributed by atoms with Crippen LogP contribution in [0.2, 0.25) is 0 Å². The number of benzene rings is 1. The van der Waals surface area contributed by atoms with E-state index in [0.717, 1.165) is 39.2 Å². The van der Waals surface area contributed by atoms with E-state index in [-0.39, 0.29) is 19.1 Å². The summed E-state index contributed by atoms with van der Waals surface area (Å²) < 4.78 is 0. The summed E-state index contributed by atoms with van der Waals surface area (Å²) in [6.07, 6.45) is 5.50.